The van der Waals surface area contributed by atoms with Gasteiger partial charge in [0.1, 0.15) is 5.82 Å². The van der Waals surface area contributed by atoms with Gasteiger partial charge in [-0.05, 0) is 30.5 Å². The third-order valence-electron chi connectivity index (χ3n) is 4.54. The molecule has 1 aromatic heterocycles. The van der Waals surface area contributed by atoms with Crippen molar-refractivity contribution in [1.82, 2.24) is 4.90 Å². The molecule has 1 aliphatic rings. The van der Waals surface area contributed by atoms with Gasteiger partial charge in [0.05, 0.1) is 6.04 Å². The second kappa shape index (κ2) is 10.3. The van der Waals surface area contributed by atoms with Gasteiger partial charge in [0.2, 0.25) is 0 Å². The van der Waals surface area contributed by atoms with Crippen molar-refractivity contribution in [3.8, 4) is 5.06 Å². The Labute approximate surface area is 179 Å². The number of ketones is 1. The first kappa shape index (κ1) is 22.8. The molecule has 0 radical (unpaired) electrons. The van der Waals surface area contributed by atoms with Gasteiger partial charge in [-0.3, -0.25) is 14.5 Å². The minimum absolute atomic E-state index is 0. The van der Waals surface area contributed by atoms with Crippen molar-refractivity contribution in [2.24, 2.45) is 0 Å². The van der Waals surface area contributed by atoms with Crippen LogP contribution < -0.4 is 4.74 Å². The van der Waals surface area contributed by atoms with Crippen LogP contribution in [0.4, 0.5) is 4.39 Å². The summed E-state index contributed by atoms with van der Waals surface area (Å²) >= 11 is 7.20. The van der Waals surface area contributed by atoms with Crippen LogP contribution in [-0.2, 0) is 22.6 Å². The number of ether oxygens (including phenoxy) is 1. The number of rotatable bonds is 7. The summed E-state index contributed by atoms with van der Waals surface area (Å²) in [4.78, 5) is 27.2. The van der Waals surface area contributed by atoms with E-state index in [1.165, 1.54) is 24.3 Å². The molecule has 0 bridgehead atoms. The highest BCUT2D eigenvalue weighted by molar-refractivity contribution is 7.14. The monoisotopic (exact) mass is 445 g/mol. The number of hydrogen-bond donors (Lipinski definition) is 0. The molecule has 2 heterocycles. The van der Waals surface area contributed by atoms with E-state index in [-0.39, 0.29) is 30.0 Å². The summed E-state index contributed by atoms with van der Waals surface area (Å²) in [5.41, 5.74) is 1.42. The van der Waals surface area contributed by atoms with Crippen LogP contribution in [0.15, 0.2) is 30.3 Å². The Hall–Kier alpha value is -1.47. The summed E-state index contributed by atoms with van der Waals surface area (Å²) in [7, 11) is 0. The molecule has 28 heavy (non-hydrogen) atoms. The summed E-state index contributed by atoms with van der Waals surface area (Å²) in [6, 6.07) is 7.63. The normalized spacial score (nSPS) is 14.7. The van der Waals surface area contributed by atoms with Crippen LogP contribution in [0.3, 0.4) is 0 Å². The highest BCUT2D eigenvalue weighted by Gasteiger charge is 2.32. The van der Waals surface area contributed by atoms with E-state index in [1.54, 1.807) is 18.2 Å². The zero-order valence-corrected chi connectivity index (χ0v) is 17.8. The number of benzene rings is 1. The molecule has 0 saturated carbocycles. The first-order valence-corrected chi connectivity index (χ1v) is 10.2. The number of nitrogens with zero attached hydrogens (tertiary/aromatic N) is 1. The Morgan fingerprint density at radius 3 is 2.79 bits per heavy atom. The van der Waals surface area contributed by atoms with E-state index in [2.05, 4.69) is 0 Å². The average molecular weight is 446 g/mol. The van der Waals surface area contributed by atoms with Crippen LogP contribution in [0.1, 0.15) is 41.8 Å². The number of carbonyl (C=O) groups is 2. The maximum absolute atomic E-state index is 14.5. The number of halogens is 3. The smallest absolute Gasteiger partial charge is 0.308 e. The Kier molecular flexibility index (Phi) is 8.43. The van der Waals surface area contributed by atoms with Crippen molar-refractivity contribution in [2.45, 2.75) is 38.8 Å². The summed E-state index contributed by atoms with van der Waals surface area (Å²) < 4.78 is 19.6. The quantitative estimate of drug-likeness (QED) is 0.448. The molecule has 3 rings (SSSR count). The minimum atomic E-state index is -0.639. The van der Waals surface area contributed by atoms with Crippen LogP contribution in [0.2, 0.25) is 0 Å². The molecule has 152 valence electrons. The molecule has 0 N–H and O–H groups in total. The molecular formula is C20H22Cl2FNO3S. The van der Waals surface area contributed by atoms with Gasteiger partial charge in [-0.2, -0.15) is 0 Å². The Bertz CT molecular complexity index is 843. The van der Waals surface area contributed by atoms with Gasteiger partial charge in [0.15, 0.2) is 10.8 Å². The van der Waals surface area contributed by atoms with Crippen LogP contribution >= 0.6 is 35.3 Å². The topological polar surface area (TPSA) is 46.6 Å². The van der Waals surface area contributed by atoms with Crippen LogP contribution in [0, 0.1) is 5.82 Å². The highest BCUT2D eigenvalue weighted by atomic mass is 35.5. The van der Waals surface area contributed by atoms with Gasteiger partial charge >= 0.3 is 5.97 Å². The highest BCUT2D eigenvalue weighted by Crippen LogP contribution is 2.37. The zero-order valence-electron chi connectivity index (χ0n) is 15.5. The molecular weight excluding hydrogens is 424 g/mol. The fourth-order valence-electron chi connectivity index (χ4n) is 3.39. The molecule has 4 nitrogen and oxygen atoms in total. The lowest BCUT2D eigenvalue weighted by Crippen LogP contribution is -2.38. The number of esters is 1. The molecule has 1 aromatic carbocycles. The maximum atomic E-state index is 14.5. The molecule has 8 heteroatoms. The van der Waals surface area contributed by atoms with E-state index in [0.29, 0.717) is 42.4 Å². The summed E-state index contributed by atoms with van der Waals surface area (Å²) in [6.45, 7) is 2.52. The maximum Gasteiger partial charge on any atom is 0.308 e. The molecule has 0 spiro atoms. The van der Waals surface area contributed by atoms with Gasteiger partial charge in [-0.25, -0.2) is 4.39 Å². The van der Waals surface area contributed by atoms with Crippen molar-refractivity contribution in [3.63, 3.8) is 0 Å². The molecule has 1 aliphatic heterocycles. The Morgan fingerprint density at radius 1 is 1.36 bits per heavy atom. The van der Waals surface area contributed by atoms with Crippen LogP contribution in [0.25, 0.3) is 0 Å². The molecule has 0 fully saturated rings. The third kappa shape index (κ3) is 5.32. The summed E-state index contributed by atoms with van der Waals surface area (Å²) in [6.07, 6.45) is 1.61. The van der Waals surface area contributed by atoms with E-state index >= 15 is 0 Å². The standard InChI is InChI=1S/C20H21ClFNO3S.ClH/c1-13(24)26-19-11-14-12-23(10-8-18(14)27-19)20(17(25)7-4-9-21)15-5-2-3-6-16(15)22;/h2-3,5-6,11,20H,4,7-10,12H2,1H3;1H. The number of fused-ring (bicyclic) bond motifs is 1. The predicted molar refractivity (Wildman–Crippen MR) is 111 cm³/mol. The Balaban J connectivity index is 0.00000280. The number of carbonyl (C=O) groups excluding carboxylic acids is 2. The average Bonchev–Trinajstić information content (AvgIpc) is 3.02. The summed E-state index contributed by atoms with van der Waals surface area (Å²) in [5.74, 6) is -0.361. The fourth-order valence-corrected chi connectivity index (χ4v) is 4.57. The molecule has 1 atom stereocenters. The van der Waals surface area contributed by atoms with E-state index in [0.717, 1.165) is 16.9 Å². The van der Waals surface area contributed by atoms with E-state index in [1.807, 2.05) is 11.0 Å². The number of alkyl halides is 1. The van der Waals surface area contributed by atoms with Crippen molar-refractivity contribution >= 4 is 47.1 Å². The Morgan fingerprint density at radius 2 is 2.11 bits per heavy atom. The molecule has 1 unspecified atom stereocenters. The van der Waals surface area contributed by atoms with Gasteiger partial charge in [-0.15, -0.1) is 35.3 Å². The van der Waals surface area contributed by atoms with Crippen molar-refractivity contribution in [2.75, 3.05) is 12.4 Å². The third-order valence-corrected chi connectivity index (χ3v) is 5.93. The lowest BCUT2D eigenvalue weighted by molar-refractivity contribution is -0.131. The molecule has 0 saturated heterocycles. The van der Waals surface area contributed by atoms with Crippen LogP contribution in [-0.4, -0.2) is 29.1 Å². The second-order valence-electron chi connectivity index (χ2n) is 6.51. The van der Waals surface area contributed by atoms with Crippen molar-refractivity contribution in [1.29, 1.82) is 0 Å². The number of thiophene rings is 1. The summed E-state index contributed by atoms with van der Waals surface area (Å²) in [5, 5.41) is 0.560. The minimum Gasteiger partial charge on any atom is -0.416 e. The van der Waals surface area contributed by atoms with Gasteiger partial charge in [-0.1, -0.05) is 18.2 Å². The predicted octanol–water partition coefficient (Wildman–Crippen LogP) is 4.92. The number of hydrogen-bond acceptors (Lipinski definition) is 5. The second-order valence-corrected chi connectivity index (χ2v) is 7.99. The van der Waals surface area contributed by atoms with Crippen molar-refractivity contribution in [3.05, 3.63) is 52.2 Å². The van der Waals surface area contributed by atoms with Crippen LogP contribution in [0.5, 0.6) is 5.06 Å². The molecule has 0 amide bonds. The largest absolute Gasteiger partial charge is 0.416 e. The molecule has 2 aromatic rings. The van der Waals surface area contributed by atoms with E-state index in [9.17, 15) is 14.0 Å². The van der Waals surface area contributed by atoms with Gasteiger partial charge in [0.25, 0.3) is 0 Å². The van der Waals surface area contributed by atoms with Gasteiger partial charge in [0, 0.05) is 42.8 Å². The lowest BCUT2D eigenvalue weighted by Gasteiger charge is -2.34. The van der Waals surface area contributed by atoms with E-state index < -0.39 is 6.04 Å². The van der Waals surface area contributed by atoms with E-state index in [4.69, 9.17) is 16.3 Å². The first-order chi connectivity index (χ1) is 13.0. The lowest BCUT2D eigenvalue weighted by atomic mass is 9.95. The zero-order chi connectivity index (χ0) is 19.4. The fraction of sp³-hybridized carbons (Fsp3) is 0.400. The SMILES string of the molecule is CC(=O)Oc1cc2c(s1)CCN(C(C(=O)CCCCl)c1ccccc1F)C2.Cl. The van der Waals surface area contributed by atoms with Crippen molar-refractivity contribution < 1.29 is 18.7 Å². The van der Waals surface area contributed by atoms with Gasteiger partial charge < -0.3 is 4.74 Å². The first-order valence-electron chi connectivity index (χ1n) is 8.86. The number of Topliss-reactive ketones (excluding diaryl/α,β-unsaturated/α-hetero) is 1. The molecule has 0 aliphatic carbocycles.